The monoisotopic (exact) mass is 374 g/mol. The van der Waals surface area contributed by atoms with Gasteiger partial charge in [0.25, 0.3) is 0 Å². The van der Waals surface area contributed by atoms with Crippen LogP contribution in [0, 0.1) is 6.92 Å². The number of pyridine rings is 1. The molecule has 1 fully saturated rings. The number of ether oxygens (including phenoxy) is 2. The van der Waals surface area contributed by atoms with Gasteiger partial charge in [-0.2, -0.15) is 0 Å². The van der Waals surface area contributed by atoms with Gasteiger partial charge in [-0.25, -0.2) is 4.98 Å². The number of hydrogen-bond acceptors (Lipinski definition) is 5. The number of methoxy groups -OCH3 is 2. The van der Waals surface area contributed by atoms with Crippen LogP contribution < -0.4 is 9.47 Å². The lowest BCUT2D eigenvalue weighted by Crippen LogP contribution is -2.33. The van der Waals surface area contributed by atoms with Crippen molar-refractivity contribution in [3.8, 4) is 11.5 Å². The predicted octanol–water partition coefficient (Wildman–Crippen LogP) is 4.06. The fraction of sp³-hybridized carbons (Fsp3) is 0.500. The van der Waals surface area contributed by atoms with Gasteiger partial charge < -0.3 is 14.4 Å². The van der Waals surface area contributed by atoms with Gasteiger partial charge in [0.1, 0.15) is 5.03 Å². The number of amides is 1. The van der Waals surface area contributed by atoms with Gasteiger partial charge in [-0.05, 0) is 37.5 Å². The van der Waals surface area contributed by atoms with E-state index in [0.29, 0.717) is 17.3 Å². The van der Waals surface area contributed by atoms with Crippen LogP contribution in [-0.4, -0.2) is 48.9 Å². The first-order chi connectivity index (χ1) is 12.6. The highest BCUT2D eigenvalue weighted by Crippen LogP contribution is 2.33. The molecular formula is C20H26N2O3S. The molecule has 6 heteroatoms. The second kappa shape index (κ2) is 8.62. The molecule has 26 heavy (non-hydrogen) atoms. The third kappa shape index (κ3) is 4.23. The molecule has 1 aliphatic rings. The lowest BCUT2D eigenvalue weighted by Gasteiger charge is -2.20. The molecule has 5 nitrogen and oxygen atoms in total. The summed E-state index contributed by atoms with van der Waals surface area (Å²) < 4.78 is 10.7. The summed E-state index contributed by atoms with van der Waals surface area (Å²) in [6.45, 7) is 3.81. The summed E-state index contributed by atoms with van der Waals surface area (Å²) in [5.74, 6) is 2.00. The average Bonchev–Trinajstić information content (AvgIpc) is 2.94. The van der Waals surface area contributed by atoms with Crippen molar-refractivity contribution in [2.75, 3.05) is 33.1 Å². The topological polar surface area (TPSA) is 51.7 Å². The Morgan fingerprint density at radius 1 is 1.08 bits per heavy atom. The zero-order chi connectivity index (χ0) is 18.5. The van der Waals surface area contributed by atoms with Crippen LogP contribution in [0.5, 0.6) is 11.5 Å². The SMILES string of the molecule is COc1cc2cc(C)c(SCC(=O)N3CCCCCC3)nc2cc1OC. The standard InChI is InChI=1S/C20H26N2O3S/c1-14-10-15-11-17(24-2)18(25-3)12-16(15)21-20(14)26-13-19(23)22-8-6-4-5-7-9-22/h10-12H,4-9,13H2,1-3H3. The summed E-state index contributed by atoms with van der Waals surface area (Å²) in [6.07, 6.45) is 4.69. The van der Waals surface area contributed by atoms with Crippen molar-refractivity contribution < 1.29 is 14.3 Å². The molecule has 1 aromatic heterocycles. The Morgan fingerprint density at radius 3 is 2.38 bits per heavy atom. The third-order valence-electron chi connectivity index (χ3n) is 4.76. The molecule has 140 valence electrons. The van der Waals surface area contributed by atoms with Crippen LogP contribution >= 0.6 is 11.8 Å². The van der Waals surface area contributed by atoms with Crippen molar-refractivity contribution in [3.63, 3.8) is 0 Å². The molecule has 2 heterocycles. The average molecular weight is 375 g/mol. The molecule has 3 rings (SSSR count). The number of aromatic nitrogens is 1. The molecule has 0 bridgehead atoms. The molecule has 0 aliphatic carbocycles. The summed E-state index contributed by atoms with van der Waals surface area (Å²) in [4.78, 5) is 19.3. The zero-order valence-corrected chi connectivity index (χ0v) is 16.5. The van der Waals surface area contributed by atoms with E-state index >= 15 is 0 Å². The van der Waals surface area contributed by atoms with Gasteiger partial charge in [0.05, 0.1) is 25.5 Å². The van der Waals surface area contributed by atoms with Gasteiger partial charge in [0.15, 0.2) is 11.5 Å². The molecule has 0 radical (unpaired) electrons. The van der Waals surface area contributed by atoms with E-state index in [-0.39, 0.29) is 5.91 Å². The van der Waals surface area contributed by atoms with Gasteiger partial charge in [-0.15, -0.1) is 0 Å². The smallest absolute Gasteiger partial charge is 0.232 e. The lowest BCUT2D eigenvalue weighted by molar-refractivity contribution is -0.128. The number of likely N-dealkylation sites (tertiary alicyclic amines) is 1. The van der Waals surface area contributed by atoms with Crippen LogP contribution in [-0.2, 0) is 4.79 Å². The van der Waals surface area contributed by atoms with Gasteiger partial charge >= 0.3 is 0 Å². The predicted molar refractivity (Wildman–Crippen MR) is 105 cm³/mol. The van der Waals surface area contributed by atoms with E-state index in [1.54, 1.807) is 14.2 Å². The number of fused-ring (bicyclic) bond motifs is 1. The summed E-state index contributed by atoms with van der Waals surface area (Å²) >= 11 is 1.52. The second-order valence-corrected chi connectivity index (χ2v) is 7.56. The summed E-state index contributed by atoms with van der Waals surface area (Å²) in [5, 5.41) is 1.90. The van der Waals surface area contributed by atoms with E-state index in [4.69, 9.17) is 14.5 Å². The molecule has 0 saturated carbocycles. The van der Waals surface area contributed by atoms with Crippen LogP contribution in [0.3, 0.4) is 0 Å². The van der Waals surface area contributed by atoms with Crippen molar-refractivity contribution in [3.05, 3.63) is 23.8 Å². The molecule has 2 aromatic rings. The number of rotatable bonds is 5. The molecule has 0 N–H and O–H groups in total. The first kappa shape index (κ1) is 18.8. The van der Waals surface area contributed by atoms with Crippen molar-refractivity contribution in [1.82, 2.24) is 9.88 Å². The minimum atomic E-state index is 0.213. The summed E-state index contributed by atoms with van der Waals surface area (Å²) in [7, 11) is 3.25. The number of aryl methyl sites for hydroxylation is 1. The van der Waals surface area contributed by atoms with E-state index in [1.807, 2.05) is 24.0 Å². The van der Waals surface area contributed by atoms with Crippen molar-refractivity contribution in [2.45, 2.75) is 37.6 Å². The summed E-state index contributed by atoms with van der Waals surface area (Å²) in [5.41, 5.74) is 1.91. The van der Waals surface area contributed by atoms with E-state index in [2.05, 4.69) is 6.07 Å². The highest BCUT2D eigenvalue weighted by atomic mass is 32.2. The van der Waals surface area contributed by atoms with Crippen LogP contribution in [0.25, 0.3) is 10.9 Å². The largest absolute Gasteiger partial charge is 0.493 e. The molecule has 0 spiro atoms. The number of nitrogens with zero attached hydrogens (tertiary/aromatic N) is 2. The number of thioether (sulfide) groups is 1. The number of carbonyl (C=O) groups excluding carboxylic acids is 1. The van der Waals surface area contributed by atoms with Crippen LogP contribution in [0.1, 0.15) is 31.2 Å². The Bertz CT molecular complexity index is 786. The van der Waals surface area contributed by atoms with E-state index in [0.717, 1.165) is 47.4 Å². The molecule has 1 saturated heterocycles. The Morgan fingerprint density at radius 2 is 1.73 bits per heavy atom. The quantitative estimate of drug-likeness (QED) is 0.739. The molecule has 0 unspecified atom stereocenters. The maximum atomic E-state index is 12.5. The second-order valence-electron chi connectivity index (χ2n) is 6.59. The Labute approximate surface area is 159 Å². The number of carbonyl (C=O) groups is 1. The van der Waals surface area contributed by atoms with Crippen LogP contribution in [0.4, 0.5) is 0 Å². The first-order valence-corrected chi connectivity index (χ1v) is 10.0. The highest BCUT2D eigenvalue weighted by molar-refractivity contribution is 7.99. The minimum absolute atomic E-state index is 0.213. The van der Waals surface area contributed by atoms with Gasteiger partial charge in [-0.1, -0.05) is 24.6 Å². The normalized spacial score (nSPS) is 15.0. The van der Waals surface area contributed by atoms with Crippen LogP contribution in [0.2, 0.25) is 0 Å². The Balaban J connectivity index is 1.76. The lowest BCUT2D eigenvalue weighted by atomic mass is 10.1. The number of benzene rings is 1. The zero-order valence-electron chi connectivity index (χ0n) is 15.7. The highest BCUT2D eigenvalue weighted by Gasteiger charge is 2.17. The van der Waals surface area contributed by atoms with E-state index in [1.165, 1.54) is 24.6 Å². The van der Waals surface area contributed by atoms with Crippen molar-refractivity contribution in [1.29, 1.82) is 0 Å². The summed E-state index contributed by atoms with van der Waals surface area (Å²) in [6, 6.07) is 5.91. The fourth-order valence-electron chi connectivity index (χ4n) is 3.28. The van der Waals surface area contributed by atoms with Crippen LogP contribution in [0.15, 0.2) is 23.2 Å². The molecular weight excluding hydrogens is 348 g/mol. The molecule has 1 amide bonds. The third-order valence-corrected chi connectivity index (χ3v) is 5.83. The Kier molecular flexibility index (Phi) is 6.25. The maximum Gasteiger partial charge on any atom is 0.232 e. The Hall–Kier alpha value is -1.95. The molecule has 1 aromatic carbocycles. The minimum Gasteiger partial charge on any atom is -0.493 e. The number of hydrogen-bond donors (Lipinski definition) is 0. The fourth-order valence-corrected chi connectivity index (χ4v) is 4.17. The van der Waals surface area contributed by atoms with Gasteiger partial charge in [0.2, 0.25) is 5.91 Å². The first-order valence-electron chi connectivity index (χ1n) is 9.06. The van der Waals surface area contributed by atoms with Crippen molar-refractivity contribution >= 4 is 28.6 Å². The van der Waals surface area contributed by atoms with E-state index < -0.39 is 0 Å². The maximum absolute atomic E-state index is 12.5. The molecule has 1 aliphatic heterocycles. The van der Waals surface area contributed by atoms with Gasteiger partial charge in [-0.3, -0.25) is 4.79 Å². The van der Waals surface area contributed by atoms with E-state index in [9.17, 15) is 4.79 Å². The van der Waals surface area contributed by atoms with Crippen molar-refractivity contribution in [2.24, 2.45) is 0 Å². The van der Waals surface area contributed by atoms with Gasteiger partial charge in [0, 0.05) is 24.5 Å². The molecule has 0 atom stereocenters.